The molecule has 2 aromatic rings. The number of ketones is 2. The van der Waals surface area contributed by atoms with Gasteiger partial charge < -0.3 is 14.2 Å². The molecule has 0 bridgehead atoms. The smallest absolute Gasteiger partial charge is 0.326 e. The number of esters is 1. The summed E-state index contributed by atoms with van der Waals surface area (Å²) in [6.45, 7) is -0.849. The third-order valence-electron chi connectivity index (χ3n) is 4.22. The number of Topliss-reactive ketones (excluding diaryl/α,β-unsaturated/α-hetero) is 2. The van der Waals surface area contributed by atoms with Crippen LogP contribution >= 0.6 is 0 Å². The number of benzene rings is 2. The van der Waals surface area contributed by atoms with Gasteiger partial charge in [0.15, 0.2) is 23.9 Å². The Hall–Kier alpha value is -3.68. The third kappa shape index (κ3) is 3.01. The van der Waals surface area contributed by atoms with Gasteiger partial charge >= 0.3 is 5.97 Å². The van der Waals surface area contributed by atoms with Crippen molar-refractivity contribution in [2.75, 3.05) is 24.8 Å². The van der Waals surface area contributed by atoms with Crippen molar-refractivity contribution in [3.8, 4) is 11.5 Å². The van der Waals surface area contributed by atoms with Crippen molar-refractivity contribution in [1.82, 2.24) is 0 Å². The molecule has 2 aromatic carbocycles. The Morgan fingerprint density at radius 1 is 1.04 bits per heavy atom. The Morgan fingerprint density at radius 2 is 1.81 bits per heavy atom. The molecule has 2 aliphatic rings. The molecule has 2 aliphatic heterocycles. The predicted molar refractivity (Wildman–Crippen MR) is 91.0 cm³/mol. The van der Waals surface area contributed by atoms with Crippen molar-refractivity contribution < 1.29 is 33.4 Å². The first-order valence-corrected chi connectivity index (χ1v) is 8.08. The van der Waals surface area contributed by atoms with E-state index in [1.807, 2.05) is 0 Å². The summed E-state index contributed by atoms with van der Waals surface area (Å²) in [4.78, 5) is 49.3. The molecule has 0 fully saturated rings. The van der Waals surface area contributed by atoms with Gasteiger partial charge in [-0.15, -0.1) is 0 Å². The van der Waals surface area contributed by atoms with Crippen molar-refractivity contribution in [3.05, 3.63) is 53.6 Å². The summed E-state index contributed by atoms with van der Waals surface area (Å²) in [5, 5.41) is 0. The fourth-order valence-corrected chi connectivity index (χ4v) is 2.88. The lowest BCUT2D eigenvalue weighted by Crippen LogP contribution is -2.36. The number of rotatable bonds is 5. The normalized spacial score (nSPS) is 14.3. The minimum absolute atomic E-state index is 0.0893. The fourth-order valence-electron chi connectivity index (χ4n) is 2.88. The maximum atomic E-state index is 12.2. The number of ether oxygens (including phenoxy) is 3. The average Bonchev–Trinajstić information content (AvgIpc) is 3.25. The largest absolute Gasteiger partial charge is 0.456 e. The van der Waals surface area contributed by atoms with Crippen LogP contribution in [0, 0.1) is 0 Å². The second kappa shape index (κ2) is 6.56. The molecule has 8 heteroatoms. The summed E-state index contributed by atoms with van der Waals surface area (Å²) in [6, 6.07) is 11.0. The number of amides is 1. The number of anilines is 1. The molecule has 0 spiro atoms. The van der Waals surface area contributed by atoms with Gasteiger partial charge in [0.2, 0.25) is 6.79 Å². The van der Waals surface area contributed by atoms with E-state index in [9.17, 15) is 19.2 Å². The maximum absolute atomic E-state index is 12.2. The van der Waals surface area contributed by atoms with Crippen LogP contribution in [0.4, 0.5) is 5.69 Å². The van der Waals surface area contributed by atoms with Gasteiger partial charge in [-0.2, -0.15) is 0 Å². The highest BCUT2D eigenvalue weighted by atomic mass is 16.7. The highest BCUT2D eigenvalue weighted by Gasteiger charge is 2.36. The lowest BCUT2D eigenvalue weighted by molar-refractivity contribution is -0.141. The van der Waals surface area contributed by atoms with Crippen LogP contribution in [0.2, 0.25) is 0 Å². The molecule has 4 rings (SSSR count). The number of para-hydroxylation sites is 1. The van der Waals surface area contributed by atoms with Crippen LogP contribution in [0.25, 0.3) is 0 Å². The molecule has 0 aromatic heterocycles. The Balaban J connectivity index is 1.38. The summed E-state index contributed by atoms with van der Waals surface area (Å²) in [7, 11) is 0. The summed E-state index contributed by atoms with van der Waals surface area (Å²) < 4.78 is 15.3. The minimum atomic E-state index is -0.796. The number of nitrogens with zero attached hydrogens (tertiary/aromatic N) is 1. The molecule has 27 heavy (non-hydrogen) atoms. The van der Waals surface area contributed by atoms with E-state index < -0.39 is 36.6 Å². The van der Waals surface area contributed by atoms with Crippen molar-refractivity contribution in [3.63, 3.8) is 0 Å². The topological polar surface area (TPSA) is 99.2 Å². The van der Waals surface area contributed by atoms with Crippen LogP contribution in [-0.2, 0) is 14.3 Å². The first-order chi connectivity index (χ1) is 13.0. The highest BCUT2D eigenvalue weighted by molar-refractivity contribution is 6.52. The third-order valence-corrected chi connectivity index (χ3v) is 4.22. The van der Waals surface area contributed by atoms with E-state index in [0.29, 0.717) is 22.7 Å². The van der Waals surface area contributed by atoms with Gasteiger partial charge in [-0.3, -0.25) is 24.1 Å². The zero-order valence-corrected chi connectivity index (χ0v) is 14.0. The standard InChI is InChI=1S/C19H13NO7/c21-14(11-5-6-15-16(7-11)27-10-26-15)9-25-17(22)8-20-13-4-2-1-3-12(13)18(23)19(20)24/h1-7H,8-10H2. The number of carbonyl (C=O) groups excluding carboxylic acids is 4. The summed E-state index contributed by atoms with van der Waals surface area (Å²) in [5.41, 5.74) is 0.906. The Labute approximate surface area is 153 Å². The van der Waals surface area contributed by atoms with Gasteiger partial charge in [0.05, 0.1) is 11.3 Å². The van der Waals surface area contributed by atoms with Gasteiger partial charge in [0, 0.05) is 5.56 Å². The zero-order chi connectivity index (χ0) is 19.0. The molecule has 0 atom stereocenters. The molecule has 136 valence electrons. The molecule has 1 amide bonds. The number of carbonyl (C=O) groups is 4. The van der Waals surface area contributed by atoms with Crippen molar-refractivity contribution >= 4 is 29.1 Å². The molecule has 0 saturated carbocycles. The predicted octanol–water partition coefficient (Wildman–Crippen LogP) is 1.37. The molecule has 0 N–H and O–H groups in total. The number of fused-ring (bicyclic) bond motifs is 2. The zero-order valence-electron chi connectivity index (χ0n) is 14.0. The van der Waals surface area contributed by atoms with Crippen molar-refractivity contribution in [1.29, 1.82) is 0 Å². The van der Waals surface area contributed by atoms with E-state index >= 15 is 0 Å². The minimum Gasteiger partial charge on any atom is -0.456 e. The second-order valence-corrected chi connectivity index (χ2v) is 5.89. The fraction of sp³-hybridized carbons (Fsp3) is 0.158. The number of hydrogen-bond donors (Lipinski definition) is 0. The highest BCUT2D eigenvalue weighted by Crippen LogP contribution is 2.32. The van der Waals surface area contributed by atoms with E-state index in [4.69, 9.17) is 14.2 Å². The quantitative estimate of drug-likeness (QED) is 0.447. The Kier molecular flexibility index (Phi) is 4.08. The molecule has 0 radical (unpaired) electrons. The van der Waals surface area contributed by atoms with Crippen LogP contribution in [0.15, 0.2) is 42.5 Å². The van der Waals surface area contributed by atoms with Gasteiger partial charge in [0.1, 0.15) is 6.54 Å². The maximum Gasteiger partial charge on any atom is 0.326 e. The van der Waals surface area contributed by atoms with E-state index in [-0.39, 0.29) is 12.4 Å². The van der Waals surface area contributed by atoms with Crippen molar-refractivity contribution in [2.24, 2.45) is 0 Å². The van der Waals surface area contributed by atoms with Gasteiger partial charge in [-0.25, -0.2) is 0 Å². The van der Waals surface area contributed by atoms with Crippen molar-refractivity contribution in [2.45, 2.75) is 0 Å². The summed E-state index contributed by atoms with van der Waals surface area (Å²) >= 11 is 0. The van der Waals surface area contributed by atoms with E-state index in [0.717, 1.165) is 4.90 Å². The molecule has 0 unspecified atom stereocenters. The monoisotopic (exact) mass is 367 g/mol. The molecule has 8 nitrogen and oxygen atoms in total. The van der Waals surface area contributed by atoms with E-state index in [2.05, 4.69) is 0 Å². The first-order valence-electron chi connectivity index (χ1n) is 8.08. The molecule has 0 saturated heterocycles. The van der Waals surface area contributed by atoms with Gasteiger partial charge in [-0.1, -0.05) is 12.1 Å². The lowest BCUT2D eigenvalue weighted by atomic mass is 10.1. The average molecular weight is 367 g/mol. The SMILES string of the molecule is O=C(CN1C(=O)C(=O)c2ccccc21)OCC(=O)c1ccc2c(c1)OCO2. The van der Waals surface area contributed by atoms with Crippen LogP contribution in [0.5, 0.6) is 11.5 Å². The summed E-state index contributed by atoms with van der Waals surface area (Å²) in [6.07, 6.45) is 0. The molecule has 0 aliphatic carbocycles. The first kappa shape index (κ1) is 16.8. The molecule has 2 heterocycles. The number of hydrogen-bond acceptors (Lipinski definition) is 7. The Bertz CT molecular complexity index is 982. The van der Waals surface area contributed by atoms with Gasteiger partial charge in [0.25, 0.3) is 11.7 Å². The van der Waals surface area contributed by atoms with Gasteiger partial charge in [-0.05, 0) is 30.3 Å². The van der Waals surface area contributed by atoms with Crippen LogP contribution in [-0.4, -0.2) is 43.4 Å². The lowest BCUT2D eigenvalue weighted by Gasteiger charge is -2.15. The molecular formula is C19H13NO7. The molecular weight excluding hydrogens is 354 g/mol. The summed E-state index contributed by atoms with van der Waals surface area (Å²) in [5.74, 6) is -1.69. The van der Waals surface area contributed by atoms with E-state index in [1.54, 1.807) is 30.3 Å². The second-order valence-electron chi connectivity index (χ2n) is 5.89. The van der Waals surface area contributed by atoms with Crippen LogP contribution < -0.4 is 14.4 Å². The van der Waals surface area contributed by atoms with Crippen LogP contribution in [0.3, 0.4) is 0 Å². The Morgan fingerprint density at radius 3 is 2.67 bits per heavy atom. The van der Waals surface area contributed by atoms with Crippen LogP contribution in [0.1, 0.15) is 20.7 Å². The van der Waals surface area contributed by atoms with E-state index in [1.165, 1.54) is 12.1 Å².